The summed E-state index contributed by atoms with van der Waals surface area (Å²) in [5.41, 5.74) is 0.573. The molecule has 1 aromatic rings. The fraction of sp³-hybridized carbons (Fsp3) is 0.538. The zero-order chi connectivity index (χ0) is 12.9. The lowest BCUT2D eigenvalue weighted by atomic mass is 10.2. The van der Waals surface area contributed by atoms with E-state index in [1.165, 1.54) is 6.07 Å². The quantitative estimate of drug-likeness (QED) is 0.803. The van der Waals surface area contributed by atoms with Gasteiger partial charge in [0.15, 0.2) is 11.6 Å². The molecule has 0 saturated carbocycles. The number of rotatable bonds is 5. The fourth-order valence-electron chi connectivity index (χ4n) is 1.31. The lowest BCUT2D eigenvalue weighted by Gasteiger charge is -2.19. The van der Waals surface area contributed by atoms with Crippen LogP contribution in [0, 0.1) is 11.6 Å². The van der Waals surface area contributed by atoms with Gasteiger partial charge in [-0.25, -0.2) is 8.78 Å². The Morgan fingerprint density at radius 2 is 1.88 bits per heavy atom. The third kappa shape index (κ3) is 5.75. The maximum atomic E-state index is 12.9. The molecule has 17 heavy (non-hydrogen) atoms. The van der Waals surface area contributed by atoms with Gasteiger partial charge in [0.2, 0.25) is 0 Å². The fourth-order valence-corrected chi connectivity index (χ4v) is 1.31. The van der Waals surface area contributed by atoms with Gasteiger partial charge in [-0.1, -0.05) is 6.07 Å². The number of benzene rings is 1. The Balaban J connectivity index is 2.25. The summed E-state index contributed by atoms with van der Waals surface area (Å²) in [7, 11) is 0. The summed E-state index contributed by atoms with van der Waals surface area (Å²) in [6, 6.07) is 3.90. The van der Waals surface area contributed by atoms with Gasteiger partial charge in [-0.15, -0.1) is 0 Å². The van der Waals surface area contributed by atoms with Gasteiger partial charge in [0.25, 0.3) is 0 Å². The molecule has 0 unspecified atom stereocenters. The summed E-state index contributed by atoms with van der Waals surface area (Å²) >= 11 is 0. The van der Waals surface area contributed by atoms with Gasteiger partial charge in [0.1, 0.15) is 0 Å². The van der Waals surface area contributed by atoms with Crippen LogP contribution in [0.5, 0.6) is 0 Å². The van der Waals surface area contributed by atoms with Gasteiger partial charge in [-0.2, -0.15) is 0 Å². The lowest BCUT2D eigenvalue weighted by Crippen LogP contribution is -2.26. The highest BCUT2D eigenvalue weighted by atomic mass is 19.2. The molecule has 1 N–H and O–H groups in total. The van der Waals surface area contributed by atoms with Gasteiger partial charge in [0, 0.05) is 13.1 Å². The molecule has 1 aromatic carbocycles. The average Bonchev–Trinajstić information content (AvgIpc) is 2.21. The van der Waals surface area contributed by atoms with Crippen LogP contribution < -0.4 is 5.32 Å². The second-order valence-electron chi connectivity index (χ2n) is 4.89. The first-order valence-electron chi connectivity index (χ1n) is 5.67. The molecule has 0 heterocycles. The topological polar surface area (TPSA) is 21.3 Å². The predicted molar refractivity (Wildman–Crippen MR) is 63.8 cm³/mol. The minimum Gasteiger partial charge on any atom is -0.375 e. The van der Waals surface area contributed by atoms with E-state index in [1.54, 1.807) is 6.07 Å². The average molecular weight is 243 g/mol. The normalized spacial score (nSPS) is 11.8. The molecule has 0 radical (unpaired) electrons. The Hall–Kier alpha value is -1.00. The molecule has 96 valence electrons. The van der Waals surface area contributed by atoms with E-state index in [4.69, 9.17) is 4.74 Å². The highest BCUT2D eigenvalue weighted by Gasteiger charge is 2.08. The molecule has 0 fully saturated rings. The first-order valence-corrected chi connectivity index (χ1v) is 5.67. The summed E-state index contributed by atoms with van der Waals surface area (Å²) in [5, 5.41) is 3.11. The molecule has 0 aliphatic carbocycles. The van der Waals surface area contributed by atoms with E-state index in [9.17, 15) is 8.78 Å². The standard InChI is InChI=1S/C13H19F2NO/c1-13(2,3)17-7-6-16-9-10-4-5-11(14)12(15)8-10/h4-5,8,16H,6-7,9H2,1-3H3. The molecule has 0 aromatic heterocycles. The number of ether oxygens (including phenoxy) is 1. The van der Waals surface area contributed by atoms with Crippen molar-refractivity contribution in [2.75, 3.05) is 13.2 Å². The minimum absolute atomic E-state index is 0.149. The molecule has 0 spiro atoms. The van der Waals surface area contributed by atoms with Crippen LogP contribution in [0.2, 0.25) is 0 Å². The van der Waals surface area contributed by atoms with Crippen LogP contribution in [0.4, 0.5) is 8.78 Å². The first-order chi connectivity index (χ1) is 7.88. The maximum absolute atomic E-state index is 12.9. The maximum Gasteiger partial charge on any atom is 0.159 e. The molecule has 0 atom stereocenters. The number of halogens is 2. The van der Waals surface area contributed by atoms with Crippen LogP contribution in [0.1, 0.15) is 26.3 Å². The van der Waals surface area contributed by atoms with E-state index < -0.39 is 11.6 Å². The number of hydrogen-bond acceptors (Lipinski definition) is 2. The highest BCUT2D eigenvalue weighted by Crippen LogP contribution is 2.08. The summed E-state index contributed by atoms with van der Waals surface area (Å²) < 4.78 is 31.1. The van der Waals surface area contributed by atoms with Crippen molar-refractivity contribution in [2.24, 2.45) is 0 Å². The van der Waals surface area contributed by atoms with E-state index in [2.05, 4.69) is 5.32 Å². The zero-order valence-electron chi connectivity index (χ0n) is 10.5. The lowest BCUT2D eigenvalue weighted by molar-refractivity contribution is -0.000886. The second-order valence-corrected chi connectivity index (χ2v) is 4.89. The van der Waals surface area contributed by atoms with Gasteiger partial charge >= 0.3 is 0 Å². The molecule has 0 amide bonds. The summed E-state index contributed by atoms with van der Waals surface area (Å²) in [5.74, 6) is -1.62. The van der Waals surface area contributed by atoms with Crippen molar-refractivity contribution in [1.29, 1.82) is 0 Å². The van der Waals surface area contributed by atoms with Crippen molar-refractivity contribution in [2.45, 2.75) is 32.9 Å². The smallest absolute Gasteiger partial charge is 0.159 e. The predicted octanol–water partition coefficient (Wildman–Crippen LogP) is 2.87. The van der Waals surface area contributed by atoms with Crippen LogP contribution in [0.25, 0.3) is 0 Å². The van der Waals surface area contributed by atoms with E-state index in [1.807, 2.05) is 20.8 Å². The SMILES string of the molecule is CC(C)(C)OCCNCc1ccc(F)c(F)c1. The van der Waals surface area contributed by atoms with Gasteiger partial charge in [-0.3, -0.25) is 0 Å². The minimum atomic E-state index is -0.815. The van der Waals surface area contributed by atoms with E-state index in [0.29, 0.717) is 19.7 Å². The second kappa shape index (κ2) is 6.07. The summed E-state index contributed by atoms with van der Waals surface area (Å²) in [6.45, 7) is 7.74. The van der Waals surface area contributed by atoms with Crippen LogP contribution in [-0.2, 0) is 11.3 Å². The van der Waals surface area contributed by atoms with Crippen LogP contribution in [-0.4, -0.2) is 18.8 Å². The number of nitrogens with one attached hydrogen (secondary N) is 1. The van der Waals surface area contributed by atoms with E-state index in [-0.39, 0.29) is 5.60 Å². The van der Waals surface area contributed by atoms with Crippen molar-refractivity contribution >= 4 is 0 Å². The van der Waals surface area contributed by atoms with Crippen molar-refractivity contribution in [3.05, 3.63) is 35.4 Å². The number of hydrogen-bond donors (Lipinski definition) is 1. The van der Waals surface area contributed by atoms with E-state index >= 15 is 0 Å². The van der Waals surface area contributed by atoms with Crippen molar-refractivity contribution in [3.63, 3.8) is 0 Å². The molecular weight excluding hydrogens is 224 g/mol. The zero-order valence-corrected chi connectivity index (χ0v) is 10.5. The molecule has 0 bridgehead atoms. The van der Waals surface area contributed by atoms with Crippen molar-refractivity contribution in [3.8, 4) is 0 Å². The summed E-state index contributed by atoms with van der Waals surface area (Å²) in [6.07, 6.45) is 0. The molecule has 1 rings (SSSR count). The van der Waals surface area contributed by atoms with Gasteiger partial charge < -0.3 is 10.1 Å². The molecule has 0 aliphatic heterocycles. The third-order valence-corrected chi connectivity index (χ3v) is 2.13. The van der Waals surface area contributed by atoms with Gasteiger partial charge in [0.05, 0.1) is 12.2 Å². The molecule has 4 heteroatoms. The molecular formula is C13H19F2NO. The Morgan fingerprint density at radius 1 is 1.18 bits per heavy atom. The Kier molecular flexibility index (Phi) is 5.02. The van der Waals surface area contributed by atoms with Crippen LogP contribution in [0.15, 0.2) is 18.2 Å². The highest BCUT2D eigenvalue weighted by molar-refractivity contribution is 5.17. The Bertz CT molecular complexity index is 361. The monoisotopic (exact) mass is 243 g/mol. The van der Waals surface area contributed by atoms with Crippen molar-refractivity contribution in [1.82, 2.24) is 5.32 Å². The Morgan fingerprint density at radius 3 is 2.47 bits per heavy atom. The molecule has 0 saturated heterocycles. The molecule has 2 nitrogen and oxygen atoms in total. The largest absolute Gasteiger partial charge is 0.375 e. The summed E-state index contributed by atoms with van der Waals surface area (Å²) in [4.78, 5) is 0. The van der Waals surface area contributed by atoms with E-state index in [0.717, 1.165) is 11.6 Å². The van der Waals surface area contributed by atoms with Crippen LogP contribution >= 0.6 is 0 Å². The first kappa shape index (κ1) is 14.1. The van der Waals surface area contributed by atoms with Crippen LogP contribution in [0.3, 0.4) is 0 Å². The van der Waals surface area contributed by atoms with Gasteiger partial charge in [-0.05, 0) is 38.5 Å². The Labute approximate surface area is 101 Å². The third-order valence-electron chi connectivity index (χ3n) is 2.13. The molecule has 0 aliphatic rings. The van der Waals surface area contributed by atoms with Crippen molar-refractivity contribution < 1.29 is 13.5 Å².